The zero-order chi connectivity index (χ0) is 11.9. The molecule has 0 radical (unpaired) electrons. The van der Waals surface area contributed by atoms with Gasteiger partial charge in [-0.15, -0.1) is 0 Å². The molecule has 9 heteroatoms. The molecule has 0 unspecified atom stereocenters. The Kier molecular flexibility index (Phi) is 1.94. The van der Waals surface area contributed by atoms with E-state index in [0.29, 0.717) is 0 Å². The van der Waals surface area contributed by atoms with E-state index in [1.165, 1.54) is 0 Å². The average molecular weight is 222 g/mol. The Hall–Kier alpha value is -2.71. The van der Waals surface area contributed by atoms with E-state index in [1.54, 1.807) is 0 Å². The number of guanidine groups is 1. The number of nitrogens with zero attached hydrogens (tertiary/aromatic N) is 4. The molecule has 0 amide bonds. The van der Waals surface area contributed by atoms with E-state index in [1.807, 2.05) is 0 Å². The molecule has 16 heavy (non-hydrogen) atoms. The van der Waals surface area contributed by atoms with Crippen molar-refractivity contribution in [2.45, 2.75) is 0 Å². The molecule has 0 saturated carbocycles. The Morgan fingerprint density at radius 2 is 1.75 bits per heavy atom. The van der Waals surface area contributed by atoms with Crippen molar-refractivity contribution in [2.75, 3.05) is 0 Å². The standard InChI is InChI=1S/C7H2N4O5/c12-3-1-4-6(5(2-3)10(13)14)9-7(8-4)11(15)16/h1-2H. The van der Waals surface area contributed by atoms with E-state index in [-0.39, 0.29) is 11.4 Å². The van der Waals surface area contributed by atoms with E-state index in [2.05, 4.69) is 9.98 Å². The van der Waals surface area contributed by atoms with Crippen LogP contribution in [0.2, 0.25) is 0 Å². The topological polar surface area (TPSA) is 128 Å². The lowest BCUT2D eigenvalue weighted by Crippen LogP contribution is -2.17. The summed E-state index contributed by atoms with van der Waals surface area (Å²) in [5.74, 6) is -1.40. The molecule has 1 aliphatic heterocycles. The van der Waals surface area contributed by atoms with Crippen molar-refractivity contribution in [3.63, 3.8) is 0 Å². The number of aliphatic imine (C=N–C) groups is 2. The van der Waals surface area contributed by atoms with Crippen molar-refractivity contribution in [1.82, 2.24) is 0 Å². The Morgan fingerprint density at radius 1 is 1.06 bits per heavy atom. The van der Waals surface area contributed by atoms with Crippen molar-refractivity contribution in [2.24, 2.45) is 9.98 Å². The van der Waals surface area contributed by atoms with Gasteiger partial charge in [0.05, 0.1) is 11.0 Å². The predicted molar refractivity (Wildman–Crippen MR) is 50.0 cm³/mol. The molecule has 0 aromatic heterocycles. The first-order valence-corrected chi connectivity index (χ1v) is 3.93. The van der Waals surface area contributed by atoms with Crippen molar-refractivity contribution in [3.8, 4) is 0 Å². The molecule has 1 heterocycles. The number of carbonyl (C=O) groups excluding carboxylic acids is 1. The molecule has 0 aromatic rings. The summed E-state index contributed by atoms with van der Waals surface area (Å²) >= 11 is 0. The largest absolute Gasteiger partial charge is 0.470 e. The van der Waals surface area contributed by atoms with E-state index in [4.69, 9.17) is 0 Å². The first-order chi connectivity index (χ1) is 7.49. The maximum Gasteiger partial charge on any atom is 0.470 e. The molecule has 9 nitrogen and oxygen atoms in total. The molecule has 1 aliphatic carbocycles. The summed E-state index contributed by atoms with van der Waals surface area (Å²) in [4.78, 5) is 37.1. The van der Waals surface area contributed by atoms with Gasteiger partial charge in [-0.25, -0.2) is 0 Å². The molecule has 0 aromatic carbocycles. The normalized spacial score (nSPS) is 18.1. The van der Waals surface area contributed by atoms with Crippen LogP contribution in [0.15, 0.2) is 33.5 Å². The highest BCUT2D eigenvalue weighted by Crippen LogP contribution is 2.21. The number of nitro groups is 2. The third kappa shape index (κ3) is 1.39. The van der Waals surface area contributed by atoms with Crippen molar-refractivity contribution in [1.29, 1.82) is 0 Å². The first-order valence-electron chi connectivity index (χ1n) is 3.93. The van der Waals surface area contributed by atoms with Gasteiger partial charge in [0.2, 0.25) is 0 Å². The lowest BCUT2D eigenvalue weighted by Gasteiger charge is -1.97. The Morgan fingerprint density at radius 3 is 2.31 bits per heavy atom. The molecule has 0 spiro atoms. The second-order valence-corrected chi connectivity index (χ2v) is 2.85. The molecule has 80 valence electrons. The molecule has 2 aliphatic rings. The average Bonchev–Trinajstić information content (AvgIpc) is 2.59. The molecular formula is C7H2N4O5. The van der Waals surface area contributed by atoms with Crippen LogP contribution < -0.4 is 0 Å². The number of carbonyl (C=O) groups is 1. The maximum absolute atomic E-state index is 11.0. The molecular weight excluding hydrogens is 220 g/mol. The van der Waals surface area contributed by atoms with Crippen LogP contribution in [0.1, 0.15) is 0 Å². The first kappa shape index (κ1) is 9.83. The Balaban J connectivity index is 2.53. The van der Waals surface area contributed by atoms with E-state index < -0.39 is 27.3 Å². The highest BCUT2D eigenvalue weighted by molar-refractivity contribution is 6.25. The van der Waals surface area contributed by atoms with Gasteiger partial charge < -0.3 is 10.1 Å². The molecule has 0 bridgehead atoms. The van der Waals surface area contributed by atoms with E-state index in [9.17, 15) is 25.0 Å². The third-order valence-electron chi connectivity index (χ3n) is 1.84. The summed E-state index contributed by atoms with van der Waals surface area (Å²) in [7, 11) is 0. The maximum atomic E-state index is 11.0. The second kappa shape index (κ2) is 3.15. The number of hydrogen-bond donors (Lipinski definition) is 0. The monoisotopic (exact) mass is 222 g/mol. The number of rotatable bonds is 1. The van der Waals surface area contributed by atoms with Crippen LogP contribution in [-0.4, -0.2) is 27.3 Å². The molecule has 2 rings (SSSR count). The summed E-state index contributed by atoms with van der Waals surface area (Å²) in [6.45, 7) is 0. The lowest BCUT2D eigenvalue weighted by molar-refractivity contribution is -0.415. The van der Waals surface area contributed by atoms with Crippen LogP contribution in [0.3, 0.4) is 0 Å². The minimum atomic E-state index is -0.881. The van der Waals surface area contributed by atoms with Crippen LogP contribution in [0.4, 0.5) is 0 Å². The van der Waals surface area contributed by atoms with Crippen LogP contribution in [0.5, 0.6) is 0 Å². The lowest BCUT2D eigenvalue weighted by atomic mass is 10.1. The zero-order valence-electron chi connectivity index (χ0n) is 7.48. The Bertz CT molecular complexity index is 553. The van der Waals surface area contributed by atoms with Gasteiger partial charge in [0.1, 0.15) is 0 Å². The summed E-state index contributed by atoms with van der Waals surface area (Å²) in [6.07, 6.45) is 1.71. The van der Waals surface area contributed by atoms with Gasteiger partial charge >= 0.3 is 11.7 Å². The van der Waals surface area contributed by atoms with Crippen LogP contribution >= 0.6 is 0 Å². The van der Waals surface area contributed by atoms with Gasteiger partial charge in [-0.05, 0) is 4.92 Å². The van der Waals surface area contributed by atoms with Crippen molar-refractivity contribution >= 4 is 17.5 Å². The number of hydrogen-bond acceptors (Lipinski definition) is 7. The molecule has 0 atom stereocenters. The van der Waals surface area contributed by atoms with Gasteiger partial charge in [0.25, 0.3) is 5.71 Å². The minimum Gasteiger partial charge on any atom is -0.390 e. The van der Waals surface area contributed by atoms with Gasteiger partial charge in [-0.2, -0.15) is 0 Å². The number of allylic oxidation sites excluding steroid dienone is 2. The van der Waals surface area contributed by atoms with Crippen LogP contribution in [0, 0.1) is 20.2 Å². The van der Waals surface area contributed by atoms with E-state index >= 15 is 0 Å². The highest BCUT2D eigenvalue weighted by atomic mass is 16.6. The third-order valence-corrected chi connectivity index (χ3v) is 1.84. The van der Waals surface area contributed by atoms with Gasteiger partial charge in [0.15, 0.2) is 11.5 Å². The number of fused-ring (bicyclic) bond motifs is 1. The second-order valence-electron chi connectivity index (χ2n) is 2.85. The van der Waals surface area contributed by atoms with Gasteiger partial charge in [-0.3, -0.25) is 14.9 Å². The molecule has 0 saturated heterocycles. The van der Waals surface area contributed by atoms with Gasteiger partial charge in [-0.1, -0.05) is 9.98 Å². The van der Waals surface area contributed by atoms with Gasteiger partial charge in [0, 0.05) is 6.08 Å². The zero-order valence-corrected chi connectivity index (χ0v) is 7.48. The summed E-state index contributed by atoms with van der Waals surface area (Å²) in [5, 5.41) is 20.9. The molecule has 0 fully saturated rings. The van der Waals surface area contributed by atoms with E-state index in [0.717, 1.165) is 12.2 Å². The summed E-state index contributed by atoms with van der Waals surface area (Å²) < 4.78 is 0. The predicted octanol–water partition coefficient (Wildman–Crippen LogP) is -0.299. The highest BCUT2D eigenvalue weighted by Gasteiger charge is 2.40. The fourth-order valence-corrected chi connectivity index (χ4v) is 1.23. The van der Waals surface area contributed by atoms with Crippen LogP contribution in [0.25, 0.3) is 0 Å². The number of ketones is 1. The van der Waals surface area contributed by atoms with Crippen molar-refractivity contribution in [3.05, 3.63) is 43.8 Å². The quantitative estimate of drug-likeness (QED) is 0.341. The fraction of sp³-hybridized carbons (Fsp3) is 0. The smallest absolute Gasteiger partial charge is 0.390 e. The Labute approximate surface area is 86.8 Å². The SMILES string of the molecule is O=C1C=C2N=C([N+](=O)[O-])N=C2C([N+](=O)[O-])=C1. The minimum absolute atomic E-state index is 0.147. The van der Waals surface area contributed by atoms with Crippen LogP contribution in [-0.2, 0) is 4.79 Å². The summed E-state index contributed by atoms with van der Waals surface area (Å²) in [5.41, 5.74) is -0.981. The fourth-order valence-electron chi connectivity index (χ4n) is 1.23. The summed E-state index contributed by atoms with van der Waals surface area (Å²) in [6, 6.07) is 0. The van der Waals surface area contributed by atoms with Crippen molar-refractivity contribution < 1.29 is 14.6 Å². The molecule has 0 N–H and O–H groups in total.